The van der Waals surface area contributed by atoms with E-state index in [0.29, 0.717) is 5.56 Å². The molecule has 136 valence electrons. The van der Waals surface area contributed by atoms with E-state index >= 15 is 0 Å². The first kappa shape index (κ1) is 20.5. The summed E-state index contributed by atoms with van der Waals surface area (Å²) in [4.78, 5) is 4.25. The summed E-state index contributed by atoms with van der Waals surface area (Å²) in [6, 6.07) is 4.34. The van der Waals surface area contributed by atoms with Gasteiger partial charge in [0.1, 0.15) is 0 Å². The van der Waals surface area contributed by atoms with Gasteiger partial charge in [-0.15, -0.1) is 0 Å². The molecule has 1 aromatic carbocycles. The van der Waals surface area contributed by atoms with E-state index < -0.39 is 6.10 Å². The van der Waals surface area contributed by atoms with Gasteiger partial charge in [-0.3, -0.25) is 4.99 Å². The first-order chi connectivity index (χ1) is 11.6. The van der Waals surface area contributed by atoms with E-state index in [-0.39, 0.29) is 18.0 Å². The molecule has 0 amide bonds. The van der Waals surface area contributed by atoms with Gasteiger partial charge in [0.25, 0.3) is 0 Å². The Labute approximate surface area is 146 Å². The topological polar surface area (TPSA) is 73.1 Å². The largest absolute Gasteiger partial charge is 0.504 e. The quantitative estimate of drug-likeness (QED) is 0.266. The summed E-state index contributed by atoms with van der Waals surface area (Å²) >= 11 is 0. The summed E-state index contributed by atoms with van der Waals surface area (Å²) in [5.41, 5.74) is 0.561. The van der Waals surface area contributed by atoms with Crippen LogP contribution in [0.4, 0.5) is 0 Å². The van der Waals surface area contributed by atoms with Crippen LogP contribution < -0.4 is 0 Å². The molecule has 1 aromatic rings. The summed E-state index contributed by atoms with van der Waals surface area (Å²) in [6.07, 6.45) is 13.9. The summed E-state index contributed by atoms with van der Waals surface area (Å²) in [6.45, 7) is 2.52. The maximum absolute atomic E-state index is 9.99. The van der Waals surface area contributed by atoms with E-state index in [1.807, 2.05) is 6.21 Å². The Hall–Kier alpha value is -1.55. The first-order valence-corrected chi connectivity index (χ1v) is 9.33. The number of aliphatic hydroxyl groups is 1. The summed E-state index contributed by atoms with van der Waals surface area (Å²) in [5.74, 6) is -0.398. The lowest BCUT2D eigenvalue weighted by molar-refractivity contribution is 0.187. The number of nitrogens with zero attached hydrogens (tertiary/aromatic N) is 1. The van der Waals surface area contributed by atoms with Crippen LogP contribution in [0.2, 0.25) is 0 Å². The number of phenols is 2. The minimum Gasteiger partial charge on any atom is -0.504 e. The zero-order valence-corrected chi connectivity index (χ0v) is 15.0. The third-order valence-corrected chi connectivity index (χ3v) is 4.23. The molecule has 3 N–H and O–H groups in total. The van der Waals surface area contributed by atoms with Crippen molar-refractivity contribution in [2.24, 2.45) is 4.99 Å². The van der Waals surface area contributed by atoms with E-state index in [4.69, 9.17) is 0 Å². The maximum Gasteiger partial charge on any atom is 0.157 e. The Morgan fingerprint density at radius 3 is 2.17 bits per heavy atom. The summed E-state index contributed by atoms with van der Waals surface area (Å²) in [7, 11) is 0. The highest BCUT2D eigenvalue weighted by Gasteiger charge is 2.08. The van der Waals surface area contributed by atoms with Crippen molar-refractivity contribution in [2.75, 3.05) is 6.54 Å². The van der Waals surface area contributed by atoms with Crippen molar-refractivity contribution >= 4 is 6.21 Å². The van der Waals surface area contributed by atoms with Crippen LogP contribution in [0.5, 0.6) is 11.5 Å². The van der Waals surface area contributed by atoms with Crippen molar-refractivity contribution in [1.82, 2.24) is 0 Å². The minimum absolute atomic E-state index is 0.181. The zero-order chi connectivity index (χ0) is 17.6. The Kier molecular flexibility index (Phi) is 10.9. The molecule has 4 nitrogen and oxygen atoms in total. The zero-order valence-electron chi connectivity index (χ0n) is 15.0. The third-order valence-electron chi connectivity index (χ3n) is 4.23. The molecule has 0 radical (unpaired) electrons. The van der Waals surface area contributed by atoms with Crippen LogP contribution in [0.25, 0.3) is 0 Å². The normalized spacial score (nSPS) is 12.8. The Morgan fingerprint density at radius 1 is 0.917 bits per heavy atom. The molecule has 1 unspecified atom stereocenters. The number of hydrogen-bond acceptors (Lipinski definition) is 4. The van der Waals surface area contributed by atoms with Gasteiger partial charge in [-0.1, -0.05) is 64.4 Å². The number of phenolic OH excluding ortho intramolecular Hbond substituents is 2. The van der Waals surface area contributed by atoms with Gasteiger partial charge in [0.05, 0.1) is 12.6 Å². The van der Waals surface area contributed by atoms with Gasteiger partial charge >= 0.3 is 0 Å². The molecule has 1 atom stereocenters. The molecule has 0 aliphatic rings. The third kappa shape index (κ3) is 8.92. The predicted molar refractivity (Wildman–Crippen MR) is 99.9 cm³/mol. The van der Waals surface area contributed by atoms with Gasteiger partial charge in [0.2, 0.25) is 0 Å². The van der Waals surface area contributed by atoms with Crippen LogP contribution in [-0.2, 0) is 0 Å². The summed E-state index contributed by atoms with van der Waals surface area (Å²) < 4.78 is 0. The van der Waals surface area contributed by atoms with Crippen LogP contribution in [-0.4, -0.2) is 28.1 Å². The van der Waals surface area contributed by atoms with E-state index in [9.17, 15) is 15.3 Å². The number of hydrogen-bond donors (Lipinski definition) is 3. The molecule has 0 aliphatic heterocycles. The number of unbranched alkanes of at least 4 members (excludes halogenated alkanes) is 9. The van der Waals surface area contributed by atoms with Crippen molar-refractivity contribution in [3.8, 4) is 11.5 Å². The first-order valence-electron chi connectivity index (χ1n) is 9.33. The van der Waals surface area contributed by atoms with Crippen LogP contribution in [0, 0.1) is 0 Å². The van der Waals surface area contributed by atoms with Crippen molar-refractivity contribution in [3.63, 3.8) is 0 Å². The Balaban J connectivity index is 2.04. The van der Waals surface area contributed by atoms with Crippen molar-refractivity contribution < 1.29 is 15.3 Å². The molecule has 0 bridgehead atoms. The molecule has 4 heteroatoms. The molecule has 0 heterocycles. The number of aromatic hydroxyl groups is 2. The van der Waals surface area contributed by atoms with E-state index in [1.54, 1.807) is 6.07 Å². The van der Waals surface area contributed by atoms with Crippen LogP contribution >= 0.6 is 0 Å². The second kappa shape index (κ2) is 12.8. The van der Waals surface area contributed by atoms with E-state index in [2.05, 4.69) is 11.9 Å². The molecule has 0 fully saturated rings. The fourth-order valence-corrected chi connectivity index (χ4v) is 2.67. The van der Waals surface area contributed by atoms with Crippen LogP contribution in [0.15, 0.2) is 23.2 Å². The molecule has 0 aromatic heterocycles. The van der Waals surface area contributed by atoms with Gasteiger partial charge in [0.15, 0.2) is 11.5 Å². The Bertz CT molecular complexity index is 474. The fraction of sp³-hybridized carbons (Fsp3) is 0.650. The highest BCUT2D eigenvalue weighted by Crippen LogP contribution is 2.27. The average molecular weight is 335 g/mol. The van der Waals surface area contributed by atoms with Crippen LogP contribution in [0.1, 0.15) is 82.8 Å². The van der Waals surface area contributed by atoms with Gasteiger partial charge in [0, 0.05) is 0 Å². The second-order valence-electron chi connectivity index (χ2n) is 6.43. The molecule has 0 saturated heterocycles. The van der Waals surface area contributed by atoms with Gasteiger partial charge in [-0.05, 0) is 36.8 Å². The van der Waals surface area contributed by atoms with Crippen molar-refractivity contribution in [3.05, 3.63) is 23.8 Å². The molecule has 24 heavy (non-hydrogen) atoms. The predicted octanol–water partition coefficient (Wildman–Crippen LogP) is 5.12. The second-order valence-corrected chi connectivity index (χ2v) is 6.43. The highest BCUT2D eigenvalue weighted by atomic mass is 16.3. The molecule has 1 rings (SSSR count). The lowest BCUT2D eigenvalue weighted by Crippen LogP contribution is -2.01. The number of aliphatic imine (C=N–C) groups is 1. The fourth-order valence-electron chi connectivity index (χ4n) is 2.67. The van der Waals surface area contributed by atoms with Gasteiger partial charge < -0.3 is 15.3 Å². The molecule has 0 aliphatic carbocycles. The standard InChI is InChI=1S/C20H33NO3/c1-2-3-4-5-6-7-8-9-10-11-14-21-16-20(24)17-12-13-18(22)19(23)15-17/h12-15,20,22-24H,2-11,16H2,1H3. The number of rotatable bonds is 13. The highest BCUT2D eigenvalue weighted by molar-refractivity contribution is 5.57. The van der Waals surface area contributed by atoms with Crippen molar-refractivity contribution in [1.29, 1.82) is 0 Å². The smallest absolute Gasteiger partial charge is 0.157 e. The van der Waals surface area contributed by atoms with Crippen LogP contribution in [0.3, 0.4) is 0 Å². The summed E-state index contributed by atoms with van der Waals surface area (Å²) in [5, 5.41) is 28.7. The molecule has 0 saturated carbocycles. The van der Waals surface area contributed by atoms with E-state index in [1.165, 1.54) is 63.5 Å². The van der Waals surface area contributed by atoms with Gasteiger partial charge in [-0.2, -0.15) is 0 Å². The average Bonchev–Trinajstić information content (AvgIpc) is 2.58. The van der Waals surface area contributed by atoms with Gasteiger partial charge in [-0.25, -0.2) is 0 Å². The Morgan fingerprint density at radius 2 is 1.54 bits per heavy atom. The maximum atomic E-state index is 9.99. The molecular formula is C20H33NO3. The molecular weight excluding hydrogens is 302 g/mol. The SMILES string of the molecule is CCCCCCCCCCCC=NCC(O)c1ccc(O)c(O)c1. The number of aliphatic hydroxyl groups excluding tert-OH is 1. The lowest BCUT2D eigenvalue weighted by atomic mass is 10.1. The monoisotopic (exact) mass is 335 g/mol. The minimum atomic E-state index is -0.754. The molecule has 0 spiro atoms. The van der Waals surface area contributed by atoms with Crippen molar-refractivity contribution in [2.45, 2.75) is 77.2 Å². The lowest BCUT2D eigenvalue weighted by Gasteiger charge is -2.09. The van der Waals surface area contributed by atoms with E-state index in [0.717, 1.165) is 12.8 Å². The number of benzene rings is 1.